The minimum Gasteiger partial charge on any atom is -0.326 e. The molecule has 0 spiro atoms. The second-order valence-corrected chi connectivity index (χ2v) is 9.45. The number of nitrogens with one attached hydrogen (secondary N) is 4. The maximum Gasteiger partial charge on any atom is 0.269 e. The number of hydrogen-bond acceptors (Lipinski definition) is 4. The van der Waals surface area contributed by atoms with Crippen molar-refractivity contribution in [2.45, 2.75) is 46.0 Å². The van der Waals surface area contributed by atoms with Crippen LogP contribution in [0, 0.1) is 0 Å². The highest BCUT2D eigenvalue weighted by atomic mass is 79.9. The van der Waals surface area contributed by atoms with E-state index in [1.807, 2.05) is 13.0 Å². The molecule has 4 N–H and O–H groups in total. The third-order valence-corrected chi connectivity index (χ3v) is 5.32. The van der Waals surface area contributed by atoms with Crippen LogP contribution in [0.4, 0.5) is 5.69 Å². The van der Waals surface area contributed by atoms with Gasteiger partial charge in [-0.05, 0) is 66.0 Å². The molecule has 0 unspecified atom stereocenters. The molecule has 2 aromatic rings. The fraction of sp³-hybridized carbons (Fsp3) is 0.304. The number of benzene rings is 2. The highest BCUT2D eigenvalue weighted by Crippen LogP contribution is 2.30. The zero-order valence-corrected chi connectivity index (χ0v) is 20.9. The SMILES string of the molecule is CCCC(=O)Nc1ccc(C(=O)NNC(=S)NC(=O)c2ccc(C(C)(C)C)c(Br)c2)cc1. The number of thiocarbonyl (C=S) groups is 1. The molecule has 3 amide bonds. The highest BCUT2D eigenvalue weighted by Gasteiger charge is 2.19. The first kappa shape index (κ1) is 25.5. The van der Waals surface area contributed by atoms with E-state index >= 15 is 0 Å². The summed E-state index contributed by atoms with van der Waals surface area (Å²) in [7, 11) is 0. The van der Waals surface area contributed by atoms with Gasteiger partial charge in [0.1, 0.15) is 0 Å². The van der Waals surface area contributed by atoms with Gasteiger partial charge in [-0.15, -0.1) is 0 Å². The molecule has 0 saturated carbocycles. The van der Waals surface area contributed by atoms with Crippen molar-refractivity contribution in [1.82, 2.24) is 16.2 Å². The Balaban J connectivity index is 1.88. The quantitative estimate of drug-likeness (QED) is 0.346. The predicted molar refractivity (Wildman–Crippen MR) is 133 cm³/mol. The summed E-state index contributed by atoms with van der Waals surface area (Å²) in [5.74, 6) is -0.914. The van der Waals surface area contributed by atoms with Crippen LogP contribution >= 0.6 is 28.1 Å². The molecular weight excluding hydrogens is 492 g/mol. The molecule has 170 valence electrons. The normalized spacial score (nSPS) is 10.8. The molecule has 0 bridgehead atoms. The molecule has 2 rings (SSSR count). The third kappa shape index (κ3) is 7.42. The minimum absolute atomic E-state index is 0.0391. The number of rotatable bonds is 5. The second-order valence-electron chi connectivity index (χ2n) is 8.18. The highest BCUT2D eigenvalue weighted by molar-refractivity contribution is 9.10. The molecule has 2 aromatic carbocycles. The molecule has 0 atom stereocenters. The minimum atomic E-state index is -0.440. The summed E-state index contributed by atoms with van der Waals surface area (Å²) in [4.78, 5) is 36.4. The van der Waals surface area contributed by atoms with Crippen molar-refractivity contribution in [3.8, 4) is 0 Å². The van der Waals surface area contributed by atoms with Gasteiger partial charge in [0.05, 0.1) is 0 Å². The van der Waals surface area contributed by atoms with Gasteiger partial charge in [0.25, 0.3) is 11.8 Å². The smallest absolute Gasteiger partial charge is 0.269 e. The monoisotopic (exact) mass is 518 g/mol. The van der Waals surface area contributed by atoms with Gasteiger partial charge in [0.2, 0.25) is 5.91 Å². The van der Waals surface area contributed by atoms with E-state index in [0.717, 1.165) is 16.5 Å². The summed E-state index contributed by atoms with van der Waals surface area (Å²) in [6.45, 7) is 8.19. The molecule has 0 fully saturated rings. The number of hydrogen-bond donors (Lipinski definition) is 4. The van der Waals surface area contributed by atoms with Gasteiger partial charge in [-0.1, -0.05) is 49.7 Å². The van der Waals surface area contributed by atoms with Crippen molar-refractivity contribution in [2.75, 3.05) is 5.32 Å². The largest absolute Gasteiger partial charge is 0.326 e. The Bertz CT molecular complexity index is 1020. The number of halogens is 1. The van der Waals surface area contributed by atoms with Crippen molar-refractivity contribution < 1.29 is 14.4 Å². The summed E-state index contributed by atoms with van der Waals surface area (Å²) in [5.41, 5.74) is 7.37. The van der Waals surface area contributed by atoms with Gasteiger partial charge in [0, 0.05) is 27.7 Å². The van der Waals surface area contributed by atoms with E-state index in [-0.39, 0.29) is 16.4 Å². The molecule has 0 aliphatic rings. The molecule has 0 aliphatic heterocycles. The van der Waals surface area contributed by atoms with E-state index in [9.17, 15) is 14.4 Å². The summed E-state index contributed by atoms with van der Waals surface area (Å²) in [6, 6.07) is 11.8. The summed E-state index contributed by atoms with van der Waals surface area (Å²) in [6.07, 6.45) is 1.20. The molecule has 9 heteroatoms. The molecule has 0 saturated heterocycles. The first-order chi connectivity index (χ1) is 15.0. The van der Waals surface area contributed by atoms with Crippen molar-refractivity contribution in [2.24, 2.45) is 0 Å². The van der Waals surface area contributed by atoms with Crippen molar-refractivity contribution >= 4 is 56.7 Å². The van der Waals surface area contributed by atoms with Crippen molar-refractivity contribution in [1.29, 1.82) is 0 Å². The van der Waals surface area contributed by atoms with Gasteiger partial charge >= 0.3 is 0 Å². The third-order valence-electron chi connectivity index (χ3n) is 4.46. The van der Waals surface area contributed by atoms with E-state index in [1.165, 1.54) is 0 Å². The molecule has 0 aromatic heterocycles. The first-order valence-electron chi connectivity index (χ1n) is 10.1. The number of hydrazine groups is 1. The van der Waals surface area contributed by atoms with Gasteiger partial charge in [-0.25, -0.2) is 0 Å². The van der Waals surface area contributed by atoms with Crippen LogP contribution in [0.15, 0.2) is 46.9 Å². The zero-order chi connectivity index (χ0) is 23.9. The second kappa shape index (κ2) is 11.2. The summed E-state index contributed by atoms with van der Waals surface area (Å²) < 4.78 is 0.833. The lowest BCUT2D eigenvalue weighted by Gasteiger charge is -2.21. The van der Waals surface area contributed by atoms with E-state index < -0.39 is 11.8 Å². The van der Waals surface area contributed by atoms with Crippen molar-refractivity contribution in [3.63, 3.8) is 0 Å². The number of carbonyl (C=O) groups excluding carboxylic acids is 3. The van der Waals surface area contributed by atoms with Gasteiger partial charge < -0.3 is 5.32 Å². The predicted octanol–water partition coefficient (Wildman–Crippen LogP) is 4.43. The standard InChI is InChI=1S/C23H27BrN4O3S/c1-5-6-19(29)25-16-10-7-14(8-11-16)21(31)27-28-22(32)26-20(30)15-9-12-17(18(24)13-15)23(2,3)4/h7-13H,5-6H2,1-4H3,(H,25,29)(H,27,31)(H2,26,28,30,32). The van der Waals surface area contributed by atoms with Crippen LogP contribution in [0.3, 0.4) is 0 Å². The average molecular weight is 519 g/mol. The Kier molecular flexibility index (Phi) is 8.91. The van der Waals surface area contributed by atoms with E-state index in [1.54, 1.807) is 36.4 Å². The Morgan fingerprint density at radius 3 is 2.12 bits per heavy atom. The van der Waals surface area contributed by atoms with E-state index in [2.05, 4.69) is 58.2 Å². The van der Waals surface area contributed by atoms with E-state index in [4.69, 9.17) is 12.2 Å². The molecular formula is C23H27BrN4O3S. The topological polar surface area (TPSA) is 99.3 Å². The van der Waals surface area contributed by atoms with Crippen LogP contribution in [0.1, 0.15) is 66.8 Å². The number of anilines is 1. The maximum atomic E-state index is 12.4. The summed E-state index contributed by atoms with van der Waals surface area (Å²) in [5, 5.41) is 5.24. The Morgan fingerprint density at radius 1 is 0.938 bits per heavy atom. The Morgan fingerprint density at radius 2 is 1.56 bits per heavy atom. The number of carbonyl (C=O) groups is 3. The van der Waals surface area contributed by atoms with Crippen molar-refractivity contribution in [3.05, 3.63) is 63.6 Å². The fourth-order valence-electron chi connectivity index (χ4n) is 2.81. The zero-order valence-electron chi connectivity index (χ0n) is 18.5. The lowest BCUT2D eigenvalue weighted by atomic mass is 9.86. The van der Waals surface area contributed by atoms with Gasteiger partial charge in [-0.2, -0.15) is 0 Å². The van der Waals surface area contributed by atoms with Crippen LogP contribution in [0.25, 0.3) is 0 Å². The van der Waals surface area contributed by atoms with Gasteiger partial charge in [0.15, 0.2) is 5.11 Å². The molecule has 0 aliphatic carbocycles. The number of amides is 3. The lowest BCUT2D eigenvalue weighted by molar-refractivity contribution is -0.116. The summed E-state index contributed by atoms with van der Waals surface area (Å²) >= 11 is 8.60. The maximum absolute atomic E-state index is 12.4. The molecule has 0 radical (unpaired) electrons. The average Bonchev–Trinajstić information content (AvgIpc) is 2.71. The van der Waals surface area contributed by atoms with Gasteiger partial charge in [-0.3, -0.25) is 30.6 Å². The molecule has 0 heterocycles. The Labute approximate surface area is 201 Å². The Hall–Kier alpha value is -2.78. The fourth-order valence-corrected chi connectivity index (χ4v) is 3.93. The molecule has 32 heavy (non-hydrogen) atoms. The van der Waals surface area contributed by atoms with E-state index in [0.29, 0.717) is 23.2 Å². The van der Waals surface area contributed by atoms with Crippen LogP contribution < -0.4 is 21.5 Å². The van der Waals surface area contributed by atoms with Crippen LogP contribution in [-0.4, -0.2) is 22.8 Å². The first-order valence-corrected chi connectivity index (χ1v) is 11.3. The lowest BCUT2D eigenvalue weighted by Crippen LogP contribution is -2.48. The van der Waals surface area contributed by atoms with Crippen LogP contribution in [0.5, 0.6) is 0 Å². The molecule has 7 nitrogen and oxygen atoms in total. The van der Waals surface area contributed by atoms with Crippen LogP contribution in [0.2, 0.25) is 0 Å². The van der Waals surface area contributed by atoms with Crippen LogP contribution in [-0.2, 0) is 10.2 Å².